The van der Waals surface area contributed by atoms with Gasteiger partial charge < -0.3 is 5.32 Å². The van der Waals surface area contributed by atoms with Gasteiger partial charge in [0.1, 0.15) is 0 Å². The highest BCUT2D eigenvalue weighted by atomic mass is 14.9. The molecule has 0 spiro atoms. The molecule has 1 nitrogen and oxygen atoms in total. The Hall–Kier alpha value is -0.980. The van der Waals surface area contributed by atoms with E-state index in [1.165, 1.54) is 24.1 Å². The fourth-order valence-electron chi connectivity index (χ4n) is 2.11. The maximum Gasteiger partial charge on any atom is 0.0371 e. The molecule has 2 aliphatic rings. The van der Waals surface area contributed by atoms with Crippen molar-refractivity contribution >= 4 is 0 Å². The fraction of sp³-hybridized carbons (Fsp3) is 0.600. The second-order valence-electron chi connectivity index (χ2n) is 4.51. The van der Waals surface area contributed by atoms with Crippen molar-refractivity contribution < 1.29 is 0 Å². The molecule has 0 aromatic rings. The van der Waals surface area contributed by atoms with Crippen LogP contribution in [0, 0.1) is 5.92 Å². The van der Waals surface area contributed by atoms with E-state index in [1.807, 2.05) is 13.8 Å². The molecule has 0 aromatic carbocycles. The van der Waals surface area contributed by atoms with E-state index in [1.54, 1.807) is 0 Å². The normalized spacial score (nSPS) is 23.2. The lowest BCUT2D eigenvalue weighted by molar-refractivity contribution is 0.393. The third kappa shape index (κ3) is 3.26. The van der Waals surface area contributed by atoms with Gasteiger partial charge in [0.15, 0.2) is 0 Å². The molecule has 16 heavy (non-hydrogen) atoms. The van der Waals surface area contributed by atoms with Gasteiger partial charge in [-0.1, -0.05) is 45.9 Å². The molecule has 1 heteroatoms. The SMILES string of the molecule is CC.CC(C)C1CCC2=C(C=CCC=C2)N1. The summed E-state index contributed by atoms with van der Waals surface area (Å²) in [5.41, 5.74) is 2.83. The Bertz CT molecular complexity index is 295. The van der Waals surface area contributed by atoms with Gasteiger partial charge in [0.2, 0.25) is 0 Å². The Kier molecular flexibility index (Phi) is 5.37. The van der Waals surface area contributed by atoms with Gasteiger partial charge in [0.05, 0.1) is 0 Å². The van der Waals surface area contributed by atoms with Crippen LogP contribution < -0.4 is 5.32 Å². The Morgan fingerprint density at radius 1 is 1.19 bits per heavy atom. The van der Waals surface area contributed by atoms with Gasteiger partial charge >= 0.3 is 0 Å². The average Bonchev–Trinajstić information content (AvgIpc) is 2.55. The minimum atomic E-state index is 0.657. The predicted molar refractivity (Wildman–Crippen MR) is 72.3 cm³/mol. The zero-order valence-electron chi connectivity index (χ0n) is 11.1. The first kappa shape index (κ1) is 13.1. The summed E-state index contributed by atoms with van der Waals surface area (Å²) < 4.78 is 0. The van der Waals surface area contributed by atoms with Gasteiger partial charge in [-0.25, -0.2) is 0 Å². The van der Waals surface area contributed by atoms with Crippen molar-refractivity contribution in [2.24, 2.45) is 5.92 Å². The third-order valence-corrected chi connectivity index (χ3v) is 3.09. The molecule has 2 rings (SSSR count). The van der Waals surface area contributed by atoms with Crippen LogP contribution in [0.25, 0.3) is 0 Å². The lowest BCUT2D eigenvalue weighted by Crippen LogP contribution is -2.36. The summed E-state index contributed by atoms with van der Waals surface area (Å²) >= 11 is 0. The summed E-state index contributed by atoms with van der Waals surface area (Å²) in [6, 6.07) is 0.657. The van der Waals surface area contributed by atoms with Crippen molar-refractivity contribution in [1.82, 2.24) is 5.32 Å². The largest absolute Gasteiger partial charge is 0.382 e. The molecule has 1 heterocycles. The first-order valence-electron chi connectivity index (χ1n) is 6.60. The molecule has 0 saturated heterocycles. The predicted octanol–water partition coefficient (Wildman–Crippen LogP) is 4.19. The zero-order valence-corrected chi connectivity index (χ0v) is 11.1. The van der Waals surface area contributed by atoms with E-state index in [0.29, 0.717) is 6.04 Å². The smallest absolute Gasteiger partial charge is 0.0371 e. The molecule has 1 atom stereocenters. The third-order valence-electron chi connectivity index (χ3n) is 3.09. The number of hydrogen-bond acceptors (Lipinski definition) is 1. The second kappa shape index (κ2) is 6.57. The first-order chi connectivity index (χ1) is 7.77. The van der Waals surface area contributed by atoms with Crippen LogP contribution in [-0.4, -0.2) is 6.04 Å². The molecule has 0 aromatic heterocycles. The van der Waals surface area contributed by atoms with Crippen molar-refractivity contribution in [1.29, 1.82) is 0 Å². The number of allylic oxidation sites excluding steroid dienone is 5. The van der Waals surface area contributed by atoms with Crippen LogP contribution in [0.15, 0.2) is 35.6 Å². The fourth-order valence-corrected chi connectivity index (χ4v) is 2.11. The van der Waals surface area contributed by atoms with Crippen molar-refractivity contribution in [3.63, 3.8) is 0 Å². The standard InChI is InChI=1S/C13H19N.C2H6/c1-10(2)12-9-8-11-6-4-3-5-7-13(11)14-12;1-2/h4-7,10,12,14H,3,8-9H2,1-2H3;1-2H3. The molecular formula is C15H25N. The maximum atomic E-state index is 3.64. The van der Waals surface area contributed by atoms with Crippen LogP contribution in [-0.2, 0) is 0 Å². The zero-order chi connectivity index (χ0) is 12.0. The molecule has 0 saturated carbocycles. The Balaban J connectivity index is 0.000000606. The monoisotopic (exact) mass is 219 g/mol. The summed E-state index contributed by atoms with van der Waals surface area (Å²) in [5, 5.41) is 3.64. The summed E-state index contributed by atoms with van der Waals surface area (Å²) in [5.74, 6) is 0.727. The van der Waals surface area contributed by atoms with E-state index in [0.717, 1.165) is 12.3 Å². The Morgan fingerprint density at radius 2 is 1.88 bits per heavy atom. The summed E-state index contributed by atoms with van der Waals surface area (Å²) in [6.45, 7) is 8.58. The highest BCUT2D eigenvalue weighted by Gasteiger charge is 2.20. The highest BCUT2D eigenvalue weighted by molar-refractivity contribution is 5.36. The van der Waals surface area contributed by atoms with E-state index < -0.39 is 0 Å². The van der Waals surface area contributed by atoms with Gasteiger partial charge in [-0.15, -0.1) is 0 Å². The van der Waals surface area contributed by atoms with Crippen LogP contribution in [0.4, 0.5) is 0 Å². The van der Waals surface area contributed by atoms with Crippen LogP contribution in [0.5, 0.6) is 0 Å². The Labute approximate surface area is 100 Å². The summed E-state index contributed by atoms with van der Waals surface area (Å²) in [6.07, 6.45) is 12.6. The quantitative estimate of drug-likeness (QED) is 0.697. The number of hydrogen-bond donors (Lipinski definition) is 1. The van der Waals surface area contributed by atoms with Gasteiger partial charge in [0.25, 0.3) is 0 Å². The molecule has 90 valence electrons. The van der Waals surface area contributed by atoms with Crippen molar-refractivity contribution in [3.05, 3.63) is 35.6 Å². The first-order valence-corrected chi connectivity index (χ1v) is 6.60. The van der Waals surface area contributed by atoms with Gasteiger partial charge in [-0.05, 0) is 36.8 Å². The molecule has 0 amide bonds. The maximum absolute atomic E-state index is 3.64. The molecular weight excluding hydrogens is 194 g/mol. The minimum absolute atomic E-state index is 0.657. The van der Waals surface area contributed by atoms with Crippen molar-refractivity contribution in [3.8, 4) is 0 Å². The number of rotatable bonds is 1. The summed E-state index contributed by atoms with van der Waals surface area (Å²) in [7, 11) is 0. The van der Waals surface area contributed by atoms with Gasteiger partial charge in [-0.2, -0.15) is 0 Å². The number of nitrogens with one attached hydrogen (secondary N) is 1. The van der Waals surface area contributed by atoms with Crippen LogP contribution in [0.2, 0.25) is 0 Å². The molecule has 1 aliphatic heterocycles. The molecule has 1 aliphatic carbocycles. The van der Waals surface area contributed by atoms with E-state index in [2.05, 4.69) is 43.5 Å². The average molecular weight is 219 g/mol. The Morgan fingerprint density at radius 3 is 2.56 bits per heavy atom. The lowest BCUT2D eigenvalue weighted by atomic mass is 9.91. The molecule has 1 unspecified atom stereocenters. The van der Waals surface area contributed by atoms with Crippen molar-refractivity contribution in [2.75, 3.05) is 0 Å². The van der Waals surface area contributed by atoms with E-state index in [-0.39, 0.29) is 0 Å². The van der Waals surface area contributed by atoms with E-state index in [4.69, 9.17) is 0 Å². The topological polar surface area (TPSA) is 12.0 Å². The highest BCUT2D eigenvalue weighted by Crippen LogP contribution is 2.25. The van der Waals surface area contributed by atoms with Gasteiger partial charge in [0, 0.05) is 11.7 Å². The van der Waals surface area contributed by atoms with E-state index in [9.17, 15) is 0 Å². The van der Waals surface area contributed by atoms with Crippen molar-refractivity contribution in [2.45, 2.75) is 53.0 Å². The van der Waals surface area contributed by atoms with Crippen LogP contribution in [0.1, 0.15) is 47.0 Å². The van der Waals surface area contributed by atoms with Crippen LogP contribution >= 0.6 is 0 Å². The molecule has 0 fully saturated rings. The molecule has 0 radical (unpaired) electrons. The molecule has 0 bridgehead atoms. The van der Waals surface area contributed by atoms with E-state index >= 15 is 0 Å². The lowest BCUT2D eigenvalue weighted by Gasteiger charge is -2.29. The summed E-state index contributed by atoms with van der Waals surface area (Å²) in [4.78, 5) is 0. The molecule has 1 N–H and O–H groups in total. The van der Waals surface area contributed by atoms with Gasteiger partial charge in [-0.3, -0.25) is 0 Å². The van der Waals surface area contributed by atoms with Crippen LogP contribution in [0.3, 0.4) is 0 Å². The second-order valence-corrected chi connectivity index (χ2v) is 4.51. The minimum Gasteiger partial charge on any atom is -0.382 e.